The average Bonchev–Trinajstić information content (AvgIpc) is 2.76. The first-order valence-corrected chi connectivity index (χ1v) is 6.90. The summed E-state index contributed by atoms with van der Waals surface area (Å²) in [6.07, 6.45) is 1.07. The lowest BCUT2D eigenvalue weighted by Gasteiger charge is -2.41. The highest BCUT2D eigenvalue weighted by Gasteiger charge is 2.43. The van der Waals surface area contributed by atoms with Gasteiger partial charge in [0.25, 0.3) is 0 Å². The van der Waals surface area contributed by atoms with Gasteiger partial charge in [-0.3, -0.25) is 4.90 Å². The molecule has 4 nitrogen and oxygen atoms in total. The van der Waals surface area contributed by atoms with E-state index in [-0.39, 0.29) is 0 Å². The molecule has 1 aromatic rings. The van der Waals surface area contributed by atoms with Crippen LogP contribution in [0.5, 0.6) is 0 Å². The molecule has 1 fully saturated rings. The number of nitrogens with one attached hydrogen (secondary N) is 1. The van der Waals surface area contributed by atoms with Crippen LogP contribution in [0.25, 0.3) is 0 Å². The maximum Gasteiger partial charge on any atom is 0.158 e. The van der Waals surface area contributed by atoms with E-state index in [2.05, 4.69) is 28.4 Å². The molecule has 0 spiro atoms. The van der Waals surface area contributed by atoms with Crippen molar-refractivity contribution in [3.05, 3.63) is 35.4 Å². The summed E-state index contributed by atoms with van der Waals surface area (Å²) >= 11 is 0. The highest BCUT2D eigenvalue weighted by Crippen LogP contribution is 2.35. The summed E-state index contributed by atoms with van der Waals surface area (Å²) in [5.74, 6) is 0. The van der Waals surface area contributed by atoms with Crippen LogP contribution >= 0.6 is 0 Å². The molecule has 0 aromatic heterocycles. The fraction of sp³-hybridized carbons (Fsp3) is 0.533. The summed E-state index contributed by atoms with van der Waals surface area (Å²) in [5, 5.41) is 13.2. The molecule has 1 saturated heterocycles. The van der Waals surface area contributed by atoms with Gasteiger partial charge < -0.3 is 10.1 Å². The molecule has 19 heavy (non-hydrogen) atoms. The highest BCUT2D eigenvalue weighted by atomic mass is 16.5. The van der Waals surface area contributed by atoms with Gasteiger partial charge in [0.2, 0.25) is 0 Å². The van der Waals surface area contributed by atoms with E-state index in [0.29, 0.717) is 13.2 Å². The lowest BCUT2D eigenvalue weighted by molar-refractivity contribution is -0.00252. The van der Waals surface area contributed by atoms with Crippen LogP contribution in [-0.4, -0.2) is 37.7 Å². The standard InChI is InChI=1S/C15H19N3O/c16-11-15(18-8-3-6-17-7-9-18)12-19-10-13-4-1-2-5-14(13)15/h1-2,4-5,17H,3,6-10,12H2. The minimum absolute atomic E-state index is 0.473. The van der Waals surface area contributed by atoms with E-state index in [9.17, 15) is 5.26 Å². The highest BCUT2D eigenvalue weighted by molar-refractivity contribution is 5.40. The summed E-state index contributed by atoms with van der Waals surface area (Å²) in [5.41, 5.74) is 1.67. The molecule has 2 heterocycles. The summed E-state index contributed by atoms with van der Waals surface area (Å²) in [6.45, 7) is 4.89. The van der Waals surface area contributed by atoms with Gasteiger partial charge in [-0.25, -0.2) is 0 Å². The Morgan fingerprint density at radius 2 is 2.16 bits per heavy atom. The van der Waals surface area contributed by atoms with Crippen molar-refractivity contribution in [1.82, 2.24) is 10.2 Å². The molecule has 2 aliphatic heterocycles. The number of fused-ring (bicyclic) bond motifs is 1. The number of ether oxygens (including phenoxy) is 1. The maximum absolute atomic E-state index is 9.84. The Morgan fingerprint density at radius 1 is 1.26 bits per heavy atom. The molecular formula is C15H19N3O. The second-order valence-corrected chi connectivity index (χ2v) is 5.21. The van der Waals surface area contributed by atoms with E-state index in [4.69, 9.17) is 4.74 Å². The van der Waals surface area contributed by atoms with Crippen molar-refractivity contribution < 1.29 is 4.74 Å². The van der Waals surface area contributed by atoms with E-state index in [1.165, 1.54) is 0 Å². The van der Waals surface area contributed by atoms with Crippen molar-refractivity contribution in [2.75, 3.05) is 32.8 Å². The largest absolute Gasteiger partial charge is 0.373 e. The molecule has 1 aromatic carbocycles. The molecular weight excluding hydrogens is 238 g/mol. The van der Waals surface area contributed by atoms with Crippen molar-refractivity contribution >= 4 is 0 Å². The number of nitrogens with zero attached hydrogens (tertiary/aromatic N) is 2. The average molecular weight is 257 g/mol. The number of rotatable bonds is 1. The molecule has 0 amide bonds. The van der Waals surface area contributed by atoms with Crippen molar-refractivity contribution in [3.8, 4) is 6.07 Å². The van der Waals surface area contributed by atoms with Crippen LogP contribution in [0.3, 0.4) is 0 Å². The van der Waals surface area contributed by atoms with E-state index in [1.54, 1.807) is 0 Å². The third-order valence-corrected chi connectivity index (χ3v) is 4.10. The summed E-state index contributed by atoms with van der Waals surface area (Å²) in [4.78, 5) is 2.28. The van der Waals surface area contributed by atoms with E-state index in [1.807, 2.05) is 12.1 Å². The Bertz CT molecular complexity index is 488. The number of benzene rings is 1. The van der Waals surface area contributed by atoms with Gasteiger partial charge in [0, 0.05) is 19.6 Å². The van der Waals surface area contributed by atoms with Crippen LogP contribution < -0.4 is 5.32 Å². The van der Waals surface area contributed by atoms with Crippen LogP contribution in [0.15, 0.2) is 24.3 Å². The van der Waals surface area contributed by atoms with Gasteiger partial charge in [-0.2, -0.15) is 5.26 Å². The molecule has 0 saturated carbocycles. The normalized spacial score (nSPS) is 28.2. The minimum atomic E-state index is -0.610. The predicted octanol–water partition coefficient (Wildman–Crippen LogP) is 1.23. The van der Waals surface area contributed by atoms with Crippen molar-refractivity contribution in [3.63, 3.8) is 0 Å². The number of hydrogen-bond donors (Lipinski definition) is 1. The summed E-state index contributed by atoms with van der Waals surface area (Å²) in [6, 6.07) is 10.7. The molecule has 4 heteroatoms. The van der Waals surface area contributed by atoms with Crippen LogP contribution in [-0.2, 0) is 16.9 Å². The Hall–Kier alpha value is -1.41. The Balaban J connectivity index is 2.02. The Morgan fingerprint density at radius 3 is 3.05 bits per heavy atom. The molecule has 1 N–H and O–H groups in total. The molecule has 1 atom stereocenters. The number of hydrogen-bond acceptors (Lipinski definition) is 4. The van der Waals surface area contributed by atoms with Gasteiger partial charge in [0.05, 0.1) is 19.3 Å². The molecule has 1 unspecified atom stereocenters. The van der Waals surface area contributed by atoms with Crippen LogP contribution in [0.2, 0.25) is 0 Å². The first kappa shape index (κ1) is 12.6. The second-order valence-electron chi connectivity index (χ2n) is 5.21. The predicted molar refractivity (Wildman–Crippen MR) is 72.4 cm³/mol. The first-order valence-electron chi connectivity index (χ1n) is 6.90. The zero-order valence-electron chi connectivity index (χ0n) is 11.1. The van der Waals surface area contributed by atoms with E-state index >= 15 is 0 Å². The van der Waals surface area contributed by atoms with Crippen LogP contribution in [0.1, 0.15) is 17.5 Å². The van der Waals surface area contributed by atoms with E-state index in [0.717, 1.165) is 43.7 Å². The van der Waals surface area contributed by atoms with Crippen molar-refractivity contribution in [2.24, 2.45) is 0 Å². The maximum atomic E-state index is 9.84. The van der Waals surface area contributed by atoms with Gasteiger partial charge in [-0.1, -0.05) is 24.3 Å². The van der Waals surface area contributed by atoms with Crippen LogP contribution in [0, 0.1) is 11.3 Å². The molecule has 100 valence electrons. The van der Waals surface area contributed by atoms with Crippen molar-refractivity contribution in [1.29, 1.82) is 5.26 Å². The van der Waals surface area contributed by atoms with Crippen molar-refractivity contribution in [2.45, 2.75) is 18.6 Å². The third-order valence-electron chi connectivity index (χ3n) is 4.10. The van der Waals surface area contributed by atoms with Gasteiger partial charge in [0.15, 0.2) is 5.54 Å². The molecule has 3 rings (SSSR count). The quantitative estimate of drug-likeness (QED) is 0.822. The smallest absolute Gasteiger partial charge is 0.158 e. The zero-order chi connectivity index (χ0) is 13.1. The monoisotopic (exact) mass is 257 g/mol. The number of nitriles is 1. The summed E-state index contributed by atoms with van der Waals surface area (Å²) in [7, 11) is 0. The summed E-state index contributed by atoms with van der Waals surface area (Å²) < 4.78 is 5.71. The lowest BCUT2D eigenvalue weighted by Crippen LogP contribution is -2.52. The molecule has 2 aliphatic rings. The van der Waals surface area contributed by atoms with E-state index < -0.39 is 5.54 Å². The zero-order valence-corrected chi connectivity index (χ0v) is 11.1. The topological polar surface area (TPSA) is 48.3 Å². The Labute approximate surface area is 114 Å². The van der Waals surface area contributed by atoms with Crippen LogP contribution in [0.4, 0.5) is 0 Å². The van der Waals surface area contributed by atoms with Gasteiger partial charge >= 0.3 is 0 Å². The third kappa shape index (κ3) is 2.14. The fourth-order valence-corrected chi connectivity index (χ4v) is 3.09. The van der Waals surface area contributed by atoms with Gasteiger partial charge in [0.1, 0.15) is 0 Å². The molecule has 0 radical (unpaired) electrons. The SMILES string of the molecule is N#CC1(N2CCCNCC2)COCc2ccccc21. The second kappa shape index (κ2) is 5.30. The minimum Gasteiger partial charge on any atom is -0.373 e. The first-order chi connectivity index (χ1) is 9.37. The fourth-order valence-electron chi connectivity index (χ4n) is 3.09. The molecule has 0 bridgehead atoms. The lowest BCUT2D eigenvalue weighted by atomic mass is 9.84. The molecule has 0 aliphatic carbocycles. The van der Waals surface area contributed by atoms with Gasteiger partial charge in [-0.15, -0.1) is 0 Å². The van der Waals surface area contributed by atoms with Gasteiger partial charge in [-0.05, 0) is 24.1 Å². The Kier molecular flexibility index (Phi) is 3.52.